The van der Waals surface area contributed by atoms with Gasteiger partial charge in [-0.1, -0.05) is 23.9 Å². The summed E-state index contributed by atoms with van der Waals surface area (Å²) in [6.45, 7) is 1.78. The highest BCUT2D eigenvalue weighted by molar-refractivity contribution is 8.00. The fourth-order valence-corrected chi connectivity index (χ4v) is 3.17. The van der Waals surface area contributed by atoms with Crippen LogP contribution in [0.5, 0.6) is 5.75 Å². The normalized spacial score (nSPS) is 11.4. The summed E-state index contributed by atoms with van der Waals surface area (Å²) in [6, 6.07) is 15.6. The van der Waals surface area contributed by atoms with E-state index >= 15 is 0 Å². The van der Waals surface area contributed by atoms with Crippen molar-refractivity contribution >= 4 is 35.0 Å². The van der Waals surface area contributed by atoms with Gasteiger partial charge in [0.2, 0.25) is 5.91 Å². The number of aromatic nitrogens is 2. The molecule has 0 radical (unpaired) electrons. The zero-order valence-corrected chi connectivity index (χ0v) is 16.8. The highest BCUT2D eigenvalue weighted by Crippen LogP contribution is 2.24. The fourth-order valence-electron chi connectivity index (χ4n) is 2.45. The molecule has 7 nitrogen and oxygen atoms in total. The number of hydrogen-bond acceptors (Lipinski definition) is 6. The highest BCUT2D eigenvalue weighted by Gasteiger charge is 2.16. The zero-order chi connectivity index (χ0) is 20.6. The first-order chi connectivity index (χ1) is 14.1. The molecule has 1 aromatic heterocycles. The molecule has 8 heteroatoms. The minimum atomic E-state index is -0.370. The highest BCUT2D eigenvalue weighted by atomic mass is 32.2. The zero-order valence-electron chi connectivity index (χ0n) is 16.0. The molecule has 0 aliphatic carbocycles. The maximum atomic E-state index is 12.5. The van der Waals surface area contributed by atoms with Crippen LogP contribution in [0.25, 0.3) is 0 Å². The van der Waals surface area contributed by atoms with Crippen LogP contribution >= 0.6 is 11.8 Å². The van der Waals surface area contributed by atoms with Crippen molar-refractivity contribution in [2.45, 2.75) is 17.3 Å². The first-order valence-electron chi connectivity index (χ1n) is 8.86. The van der Waals surface area contributed by atoms with E-state index in [1.54, 1.807) is 68.9 Å². The van der Waals surface area contributed by atoms with E-state index in [0.29, 0.717) is 27.8 Å². The molecular formula is C21H20N4O3S. The van der Waals surface area contributed by atoms with Crippen molar-refractivity contribution < 1.29 is 14.3 Å². The third kappa shape index (κ3) is 5.55. The van der Waals surface area contributed by atoms with Crippen LogP contribution in [0.2, 0.25) is 0 Å². The minimum absolute atomic E-state index is 0.173. The smallest absolute Gasteiger partial charge is 0.255 e. The summed E-state index contributed by atoms with van der Waals surface area (Å²) >= 11 is 1.27. The molecule has 3 aromatic rings. The fraction of sp³-hybridized carbons (Fsp3) is 0.143. The molecule has 1 atom stereocenters. The maximum Gasteiger partial charge on any atom is 0.255 e. The van der Waals surface area contributed by atoms with Crippen molar-refractivity contribution in [3.8, 4) is 5.75 Å². The Kier molecular flexibility index (Phi) is 6.80. The number of carbonyl (C=O) groups excluding carboxylic acids is 2. The Bertz CT molecular complexity index is 981. The molecule has 0 aliphatic heterocycles. The average molecular weight is 408 g/mol. The minimum Gasteiger partial charge on any atom is -0.495 e. The third-order valence-electron chi connectivity index (χ3n) is 3.96. The number of rotatable bonds is 7. The van der Waals surface area contributed by atoms with Crippen molar-refractivity contribution in [3.63, 3.8) is 0 Å². The van der Waals surface area contributed by atoms with Gasteiger partial charge in [0.1, 0.15) is 5.75 Å². The molecule has 2 N–H and O–H groups in total. The predicted molar refractivity (Wildman–Crippen MR) is 113 cm³/mol. The van der Waals surface area contributed by atoms with Gasteiger partial charge in [0.05, 0.1) is 18.0 Å². The molecule has 1 unspecified atom stereocenters. The van der Waals surface area contributed by atoms with Crippen LogP contribution in [0.4, 0.5) is 11.4 Å². The lowest BCUT2D eigenvalue weighted by molar-refractivity contribution is -0.115. The van der Waals surface area contributed by atoms with Crippen molar-refractivity contribution in [2.24, 2.45) is 0 Å². The van der Waals surface area contributed by atoms with Gasteiger partial charge in [0.15, 0.2) is 5.16 Å². The van der Waals surface area contributed by atoms with Crippen LogP contribution in [0.3, 0.4) is 0 Å². The van der Waals surface area contributed by atoms with Crippen LogP contribution in [-0.4, -0.2) is 34.1 Å². The van der Waals surface area contributed by atoms with Gasteiger partial charge in [-0.2, -0.15) is 0 Å². The second-order valence-electron chi connectivity index (χ2n) is 6.01. The van der Waals surface area contributed by atoms with E-state index in [2.05, 4.69) is 20.6 Å². The number of benzene rings is 2. The van der Waals surface area contributed by atoms with Crippen molar-refractivity contribution in [1.29, 1.82) is 0 Å². The van der Waals surface area contributed by atoms with Gasteiger partial charge in [-0.3, -0.25) is 9.59 Å². The van der Waals surface area contributed by atoms with E-state index in [1.807, 2.05) is 12.1 Å². The number of para-hydroxylation sites is 2. The SMILES string of the molecule is COc1ccccc1NC(=O)c1ccc(NC(=O)C(C)Sc2ncccn2)cc1. The van der Waals surface area contributed by atoms with Crippen molar-refractivity contribution in [2.75, 3.05) is 17.7 Å². The van der Waals surface area contributed by atoms with Gasteiger partial charge in [0.25, 0.3) is 5.91 Å². The summed E-state index contributed by atoms with van der Waals surface area (Å²) in [5.41, 5.74) is 1.66. The molecule has 0 saturated carbocycles. The number of carbonyl (C=O) groups is 2. The van der Waals surface area contributed by atoms with E-state index in [0.717, 1.165) is 0 Å². The molecule has 3 rings (SSSR count). The maximum absolute atomic E-state index is 12.5. The number of ether oxygens (including phenoxy) is 1. The topological polar surface area (TPSA) is 93.2 Å². The van der Waals surface area contributed by atoms with Gasteiger partial charge >= 0.3 is 0 Å². The van der Waals surface area contributed by atoms with Gasteiger partial charge in [-0.15, -0.1) is 0 Å². The molecule has 0 aliphatic rings. The lowest BCUT2D eigenvalue weighted by atomic mass is 10.2. The summed E-state index contributed by atoms with van der Waals surface area (Å²) in [4.78, 5) is 33.0. The van der Waals surface area contributed by atoms with E-state index < -0.39 is 0 Å². The number of anilines is 2. The summed E-state index contributed by atoms with van der Waals surface area (Å²) < 4.78 is 5.24. The quantitative estimate of drug-likeness (QED) is 0.456. The Morgan fingerprint density at radius 1 is 0.966 bits per heavy atom. The molecule has 0 saturated heterocycles. The molecule has 0 spiro atoms. The van der Waals surface area contributed by atoms with Gasteiger partial charge < -0.3 is 15.4 Å². The Morgan fingerprint density at radius 3 is 2.34 bits per heavy atom. The van der Waals surface area contributed by atoms with Crippen LogP contribution < -0.4 is 15.4 Å². The Hall–Kier alpha value is -3.39. The molecule has 148 valence electrons. The Morgan fingerprint density at radius 2 is 1.66 bits per heavy atom. The van der Waals surface area contributed by atoms with Gasteiger partial charge in [-0.05, 0) is 49.4 Å². The average Bonchev–Trinajstić information content (AvgIpc) is 2.75. The van der Waals surface area contributed by atoms with Crippen LogP contribution in [0.1, 0.15) is 17.3 Å². The number of amides is 2. The first-order valence-corrected chi connectivity index (χ1v) is 9.74. The summed E-state index contributed by atoms with van der Waals surface area (Å²) in [5.74, 6) is 0.143. The van der Waals surface area contributed by atoms with E-state index in [9.17, 15) is 9.59 Å². The summed E-state index contributed by atoms with van der Waals surface area (Å²) in [6.07, 6.45) is 3.27. The molecule has 2 amide bonds. The van der Waals surface area contributed by atoms with Crippen molar-refractivity contribution in [1.82, 2.24) is 9.97 Å². The standard InChI is InChI=1S/C21H20N4O3S/c1-14(29-21-22-12-5-13-23-21)19(26)24-16-10-8-15(9-11-16)20(27)25-17-6-3-4-7-18(17)28-2/h3-14H,1-2H3,(H,24,26)(H,25,27). The number of thioether (sulfide) groups is 1. The second-order valence-corrected chi connectivity index (χ2v) is 7.32. The molecule has 1 heterocycles. The lowest BCUT2D eigenvalue weighted by Gasteiger charge is -2.12. The van der Waals surface area contributed by atoms with Crippen LogP contribution in [0, 0.1) is 0 Å². The number of nitrogens with zero attached hydrogens (tertiary/aromatic N) is 2. The van der Waals surface area contributed by atoms with E-state index in [4.69, 9.17) is 4.74 Å². The largest absolute Gasteiger partial charge is 0.495 e. The van der Waals surface area contributed by atoms with Gasteiger partial charge in [0, 0.05) is 23.6 Å². The molecule has 0 bridgehead atoms. The number of hydrogen-bond donors (Lipinski definition) is 2. The summed E-state index contributed by atoms with van der Waals surface area (Å²) in [5, 5.41) is 5.81. The molecule has 2 aromatic carbocycles. The number of nitrogens with one attached hydrogen (secondary N) is 2. The molecule has 0 fully saturated rings. The Balaban J connectivity index is 1.59. The summed E-state index contributed by atoms with van der Waals surface area (Å²) in [7, 11) is 1.55. The first kappa shape index (κ1) is 20.3. The van der Waals surface area contributed by atoms with Crippen LogP contribution in [-0.2, 0) is 4.79 Å². The lowest BCUT2D eigenvalue weighted by Crippen LogP contribution is -2.22. The monoisotopic (exact) mass is 408 g/mol. The third-order valence-corrected chi connectivity index (χ3v) is 4.95. The Labute approximate surface area is 172 Å². The molecule has 29 heavy (non-hydrogen) atoms. The number of methoxy groups -OCH3 is 1. The predicted octanol–water partition coefficient (Wildman–Crippen LogP) is 3.86. The van der Waals surface area contributed by atoms with Gasteiger partial charge in [-0.25, -0.2) is 9.97 Å². The van der Waals surface area contributed by atoms with Crippen LogP contribution in [0.15, 0.2) is 72.1 Å². The van der Waals surface area contributed by atoms with E-state index in [1.165, 1.54) is 11.8 Å². The molecular weight excluding hydrogens is 388 g/mol. The van der Waals surface area contributed by atoms with Crippen molar-refractivity contribution in [3.05, 3.63) is 72.6 Å². The van der Waals surface area contributed by atoms with E-state index in [-0.39, 0.29) is 17.1 Å². The second kappa shape index (κ2) is 9.70.